The van der Waals surface area contributed by atoms with Crippen molar-refractivity contribution in [3.8, 4) is 0 Å². The lowest BCUT2D eigenvalue weighted by Gasteiger charge is -2.36. The smallest absolute Gasteiger partial charge is 0.272 e. The number of rotatable bonds is 3. The molecule has 0 bridgehead atoms. The summed E-state index contributed by atoms with van der Waals surface area (Å²) in [5.41, 5.74) is 1.64. The van der Waals surface area contributed by atoms with E-state index in [1.807, 2.05) is 41.6 Å². The standard InChI is InChI=1S/C19H23N5O/c25-19(24-9-3-4-10-24)17-7-6-16(15-21-17)22-11-13-23(14-12-22)18-5-1-2-8-20-18/h1-2,5-8,15H,3-4,9-14H2. The Labute approximate surface area is 148 Å². The SMILES string of the molecule is O=C(c1ccc(N2CCN(c3ccccn3)CC2)cn1)N1CCCC1. The maximum atomic E-state index is 12.4. The van der Waals surface area contributed by atoms with Crippen LogP contribution in [0, 0.1) is 0 Å². The Hall–Kier alpha value is -2.63. The van der Waals surface area contributed by atoms with E-state index in [1.165, 1.54) is 0 Å². The van der Waals surface area contributed by atoms with E-state index in [0.717, 1.165) is 63.6 Å². The molecule has 2 aliphatic heterocycles. The van der Waals surface area contributed by atoms with Gasteiger partial charge in [0, 0.05) is 45.5 Å². The maximum absolute atomic E-state index is 12.4. The fourth-order valence-corrected chi connectivity index (χ4v) is 3.52. The molecular formula is C19H23N5O. The lowest BCUT2D eigenvalue weighted by molar-refractivity contribution is 0.0787. The first-order chi connectivity index (χ1) is 12.3. The van der Waals surface area contributed by atoms with Crippen LogP contribution in [0.2, 0.25) is 0 Å². The molecule has 0 unspecified atom stereocenters. The van der Waals surface area contributed by atoms with Crippen molar-refractivity contribution >= 4 is 17.4 Å². The predicted octanol–water partition coefficient (Wildman–Crippen LogP) is 2.04. The normalized spacial score (nSPS) is 17.8. The van der Waals surface area contributed by atoms with Gasteiger partial charge in [0.1, 0.15) is 11.5 Å². The molecule has 0 atom stereocenters. The second-order valence-corrected chi connectivity index (χ2v) is 6.56. The zero-order valence-corrected chi connectivity index (χ0v) is 14.3. The topological polar surface area (TPSA) is 52.6 Å². The van der Waals surface area contributed by atoms with E-state index in [0.29, 0.717) is 5.69 Å². The van der Waals surface area contributed by atoms with E-state index < -0.39 is 0 Å². The van der Waals surface area contributed by atoms with Crippen molar-refractivity contribution < 1.29 is 4.79 Å². The third kappa shape index (κ3) is 3.43. The Morgan fingerprint density at radius 1 is 0.840 bits per heavy atom. The van der Waals surface area contributed by atoms with Crippen molar-refractivity contribution in [1.82, 2.24) is 14.9 Å². The van der Waals surface area contributed by atoms with Gasteiger partial charge in [-0.25, -0.2) is 9.97 Å². The summed E-state index contributed by atoms with van der Waals surface area (Å²) in [6, 6.07) is 9.90. The molecule has 0 aliphatic carbocycles. The van der Waals surface area contributed by atoms with Crippen LogP contribution in [0.1, 0.15) is 23.3 Å². The molecular weight excluding hydrogens is 314 g/mol. The van der Waals surface area contributed by atoms with Gasteiger partial charge < -0.3 is 14.7 Å². The van der Waals surface area contributed by atoms with Crippen molar-refractivity contribution in [1.29, 1.82) is 0 Å². The van der Waals surface area contributed by atoms with Crippen molar-refractivity contribution in [2.75, 3.05) is 49.1 Å². The minimum Gasteiger partial charge on any atom is -0.367 e. The number of pyridine rings is 2. The van der Waals surface area contributed by atoms with Crippen LogP contribution >= 0.6 is 0 Å². The largest absolute Gasteiger partial charge is 0.367 e. The van der Waals surface area contributed by atoms with Gasteiger partial charge >= 0.3 is 0 Å². The molecule has 4 rings (SSSR count). The number of amides is 1. The number of anilines is 2. The van der Waals surface area contributed by atoms with E-state index in [-0.39, 0.29) is 5.91 Å². The summed E-state index contributed by atoms with van der Waals surface area (Å²) >= 11 is 0. The van der Waals surface area contributed by atoms with Crippen LogP contribution in [0.25, 0.3) is 0 Å². The highest BCUT2D eigenvalue weighted by molar-refractivity contribution is 5.92. The molecule has 0 aromatic carbocycles. The molecule has 2 aliphatic rings. The van der Waals surface area contributed by atoms with Gasteiger partial charge in [0.25, 0.3) is 5.91 Å². The number of hydrogen-bond donors (Lipinski definition) is 0. The van der Waals surface area contributed by atoms with E-state index in [4.69, 9.17) is 0 Å². The second kappa shape index (κ2) is 7.09. The summed E-state index contributed by atoms with van der Waals surface area (Å²) in [4.78, 5) is 27.7. The van der Waals surface area contributed by atoms with Gasteiger partial charge in [0.2, 0.25) is 0 Å². The monoisotopic (exact) mass is 337 g/mol. The van der Waals surface area contributed by atoms with Gasteiger partial charge in [-0.2, -0.15) is 0 Å². The fraction of sp³-hybridized carbons (Fsp3) is 0.421. The fourth-order valence-electron chi connectivity index (χ4n) is 3.52. The quantitative estimate of drug-likeness (QED) is 0.858. The zero-order valence-electron chi connectivity index (χ0n) is 14.3. The number of piperazine rings is 1. The van der Waals surface area contributed by atoms with Crippen LogP contribution in [0.5, 0.6) is 0 Å². The van der Waals surface area contributed by atoms with Gasteiger partial charge in [0.15, 0.2) is 0 Å². The Kier molecular flexibility index (Phi) is 4.50. The first kappa shape index (κ1) is 15.9. The van der Waals surface area contributed by atoms with Crippen LogP contribution in [0.3, 0.4) is 0 Å². The molecule has 6 heteroatoms. The Balaban J connectivity index is 1.37. The van der Waals surface area contributed by atoms with Crippen molar-refractivity contribution in [3.05, 3.63) is 48.4 Å². The summed E-state index contributed by atoms with van der Waals surface area (Å²) in [6.07, 6.45) is 5.87. The summed E-state index contributed by atoms with van der Waals surface area (Å²) < 4.78 is 0. The molecule has 2 saturated heterocycles. The van der Waals surface area contributed by atoms with Crippen LogP contribution in [-0.2, 0) is 0 Å². The van der Waals surface area contributed by atoms with Gasteiger partial charge in [-0.15, -0.1) is 0 Å². The molecule has 0 spiro atoms. The number of hydrogen-bond acceptors (Lipinski definition) is 5. The van der Waals surface area contributed by atoms with Crippen LogP contribution in [0.15, 0.2) is 42.7 Å². The highest BCUT2D eigenvalue weighted by atomic mass is 16.2. The molecule has 4 heterocycles. The van der Waals surface area contributed by atoms with Crippen LogP contribution in [0.4, 0.5) is 11.5 Å². The summed E-state index contributed by atoms with van der Waals surface area (Å²) in [5, 5.41) is 0. The van der Waals surface area contributed by atoms with E-state index in [2.05, 4.69) is 25.8 Å². The third-order valence-corrected chi connectivity index (χ3v) is 4.98. The van der Waals surface area contributed by atoms with Gasteiger partial charge in [-0.3, -0.25) is 4.79 Å². The Morgan fingerprint density at radius 2 is 1.60 bits per heavy atom. The van der Waals surface area contributed by atoms with Gasteiger partial charge in [-0.05, 0) is 37.1 Å². The summed E-state index contributed by atoms with van der Waals surface area (Å²) in [5.74, 6) is 1.09. The molecule has 0 N–H and O–H groups in total. The molecule has 130 valence electrons. The third-order valence-electron chi connectivity index (χ3n) is 4.98. The second-order valence-electron chi connectivity index (χ2n) is 6.56. The van der Waals surface area contributed by atoms with Crippen molar-refractivity contribution in [3.63, 3.8) is 0 Å². The molecule has 0 radical (unpaired) electrons. The first-order valence-electron chi connectivity index (χ1n) is 8.97. The molecule has 2 aromatic heterocycles. The number of carbonyl (C=O) groups is 1. The maximum Gasteiger partial charge on any atom is 0.272 e. The average molecular weight is 337 g/mol. The molecule has 1 amide bonds. The number of aromatic nitrogens is 2. The lowest BCUT2D eigenvalue weighted by atomic mass is 10.2. The molecule has 6 nitrogen and oxygen atoms in total. The Morgan fingerprint density at radius 3 is 2.24 bits per heavy atom. The predicted molar refractivity (Wildman–Crippen MR) is 98.0 cm³/mol. The highest BCUT2D eigenvalue weighted by Gasteiger charge is 2.22. The highest BCUT2D eigenvalue weighted by Crippen LogP contribution is 2.19. The number of nitrogens with zero attached hydrogens (tertiary/aromatic N) is 5. The average Bonchev–Trinajstić information content (AvgIpc) is 3.23. The zero-order chi connectivity index (χ0) is 17.1. The van der Waals surface area contributed by atoms with Crippen LogP contribution < -0.4 is 9.80 Å². The summed E-state index contributed by atoms with van der Waals surface area (Å²) in [6.45, 7) is 5.45. The van der Waals surface area contributed by atoms with Crippen molar-refractivity contribution in [2.45, 2.75) is 12.8 Å². The number of carbonyl (C=O) groups excluding carboxylic acids is 1. The van der Waals surface area contributed by atoms with E-state index in [1.54, 1.807) is 0 Å². The lowest BCUT2D eigenvalue weighted by Crippen LogP contribution is -2.46. The van der Waals surface area contributed by atoms with Gasteiger partial charge in [0.05, 0.1) is 11.9 Å². The molecule has 25 heavy (non-hydrogen) atoms. The minimum atomic E-state index is 0.0593. The van der Waals surface area contributed by atoms with Crippen molar-refractivity contribution in [2.24, 2.45) is 0 Å². The number of likely N-dealkylation sites (tertiary alicyclic amines) is 1. The molecule has 2 fully saturated rings. The van der Waals surface area contributed by atoms with Gasteiger partial charge in [-0.1, -0.05) is 6.07 Å². The van der Waals surface area contributed by atoms with E-state index >= 15 is 0 Å². The van der Waals surface area contributed by atoms with Crippen LogP contribution in [-0.4, -0.2) is 60.0 Å². The Bertz CT molecular complexity index is 704. The summed E-state index contributed by atoms with van der Waals surface area (Å²) in [7, 11) is 0. The van der Waals surface area contributed by atoms with E-state index in [9.17, 15) is 4.79 Å². The first-order valence-corrected chi connectivity index (χ1v) is 8.97. The molecule has 2 aromatic rings. The minimum absolute atomic E-state index is 0.0593. The molecule has 0 saturated carbocycles.